The van der Waals surface area contributed by atoms with Crippen molar-refractivity contribution in [2.45, 2.75) is 6.54 Å². The highest BCUT2D eigenvalue weighted by Crippen LogP contribution is 2.33. The molecule has 0 aromatic heterocycles. The summed E-state index contributed by atoms with van der Waals surface area (Å²) in [7, 11) is 0. The normalized spacial score (nSPS) is 12.8. The van der Waals surface area contributed by atoms with Crippen molar-refractivity contribution < 1.29 is 5.11 Å². The van der Waals surface area contributed by atoms with Crippen molar-refractivity contribution in [1.82, 2.24) is 0 Å². The van der Waals surface area contributed by atoms with Crippen LogP contribution in [0.1, 0.15) is 5.56 Å². The molecule has 3 N–H and O–H groups in total. The number of phenolic OH excluding ortho intramolecular Hbond substituents is 1. The quantitative estimate of drug-likeness (QED) is 0.588. The molecule has 0 saturated carbocycles. The maximum Gasteiger partial charge on any atom is 0.117 e. The largest absolute Gasteiger partial charge is 0.508 e. The van der Waals surface area contributed by atoms with Crippen molar-refractivity contribution in [1.29, 1.82) is 0 Å². The zero-order chi connectivity index (χ0) is 11.0. The molecule has 0 atom stereocenters. The zero-order valence-corrected chi connectivity index (χ0v) is 8.70. The smallest absolute Gasteiger partial charge is 0.117 e. The van der Waals surface area contributed by atoms with Crippen LogP contribution in [0.25, 0.3) is 0 Å². The Labute approximate surface area is 93.7 Å². The molecule has 1 aliphatic rings. The van der Waals surface area contributed by atoms with Crippen LogP contribution in [0.15, 0.2) is 42.5 Å². The molecule has 0 aliphatic carbocycles. The second-order valence-electron chi connectivity index (χ2n) is 3.87. The van der Waals surface area contributed by atoms with E-state index in [4.69, 9.17) is 0 Å². The van der Waals surface area contributed by atoms with Gasteiger partial charge in [-0.2, -0.15) is 0 Å². The Morgan fingerprint density at radius 1 is 0.938 bits per heavy atom. The molecule has 3 rings (SSSR count). The van der Waals surface area contributed by atoms with E-state index in [1.54, 1.807) is 12.1 Å². The van der Waals surface area contributed by atoms with E-state index in [9.17, 15) is 5.11 Å². The lowest BCUT2D eigenvalue weighted by Crippen LogP contribution is -1.96. The van der Waals surface area contributed by atoms with Crippen LogP contribution in [0.4, 0.5) is 17.1 Å². The maximum atomic E-state index is 9.43. The SMILES string of the molecule is Oc1ccc2c(c1)NCc1ccccc1N2. The molecule has 2 aromatic rings. The lowest BCUT2D eigenvalue weighted by Gasteiger charge is -2.08. The van der Waals surface area contributed by atoms with Crippen molar-refractivity contribution in [2.75, 3.05) is 10.6 Å². The number of rotatable bonds is 0. The molecule has 0 saturated heterocycles. The summed E-state index contributed by atoms with van der Waals surface area (Å²) >= 11 is 0. The topological polar surface area (TPSA) is 44.3 Å². The van der Waals surface area contributed by atoms with Gasteiger partial charge in [0, 0.05) is 18.3 Å². The van der Waals surface area contributed by atoms with Crippen molar-refractivity contribution in [3.05, 3.63) is 48.0 Å². The second kappa shape index (κ2) is 3.45. The van der Waals surface area contributed by atoms with Crippen LogP contribution in [0.3, 0.4) is 0 Å². The van der Waals surface area contributed by atoms with Crippen LogP contribution in [-0.2, 0) is 6.54 Å². The Morgan fingerprint density at radius 3 is 2.75 bits per heavy atom. The molecule has 0 radical (unpaired) electrons. The van der Waals surface area contributed by atoms with Gasteiger partial charge in [-0.3, -0.25) is 0 Å². The molecule has 0 fully saturated rings. The molecule has 0 unspecified atom stereocenters. The van der Waals surface area contributed by atoms with Crippen LogP contribution in [0, 0.1) is 0 Å². The third kappa shape index (κ3) is 1.46. The Balaban J connectivity index is 2.08. The van der Waals surface area contributed by atoms with Gasteiger partial charge in [0.25, 0.3) is 0 Å². The fourth-order valence-electron chi connectivity index (χ4n) is 1.92. The zero-order valence-electron chi connectivity index (χ0n) is 8.70. The van der Waals surface area contributed by atoms with Gasteiger partial charge >= 0.3 is 0 Å². The predicted octanol–water partition coefficient (Wildman–Crippen LogP) is 3.06. The molecule has 16 heavy (non-hydrogen) atoms. The van der Waals surface area contributed by atoms with E-state index in [1.807, 2.05) is 18.2 Å². The van der Waals surface area contributed by atoms with Gasteiger partial charge in [-0.25, -0.2) is 0 Å². The Morgan fingerprint density at radius 2 is 1.81 bits per heavy atom. The highest BCUT2D eigenvalue weighted by Gasteiger charge is 2.11. The molecule has 3 nitrogen and oxygen atoms in total. The molecule has 1 heterocycles. The van der Waals surface area contributed by atoms with Crippen LogP contribution in [-0.4, -0.2) is 5.11 Å². The minimum atomic E-state index is 0.277. The predicted molar refractivity (Wildman–Crippen MR) is 65.2 cm³/mol. The van der Waals surface area contributed by atoms with Gasteiger partial charge in [-0.1, -0.05) is 18.2 Å². The van der Waals surface area contributed by atoms with Gasteiger partial charge in [-0.05, 0) is 23.8 Å². The van der Waals surface area contributed by atoms with E-state index in [0.29, 0.717) is 0 Å². The van der Waals surface area contributed by atoms with E-state index in [1.165, 1.54) is 5.56 Å². The summed E-state index contributed by atoms with van der Waals surface area (Å²) in [5.74, 6) is 0.277. The number of nitrogens with one attached hydrogen (secondary N) is 2. The molecule has 0 amide bonds. The lowest BCUT2D eigenvalue weighted by molar-refractivity contribution is 0.475. The van der Waals surface area contributed by atoms with Crippen LogP contribution < -0.4 is 10.6 Å². The summed E-state index contributed by atoms with van der Waals surface area (Å²) in [6.45, 7) is 0.764. The summed E-state index contributed by atoms with van der Waals surface area (Å²) in [6, 6.07) is 13.5. The van der Waals surface area contributed by atoms with E-state index in [0.717, 1.165) is 23.6 Å². The Hall–Kier alpha value is -2.16. The number of para-hydroxylation sites is 1. The summed E-state index contributed by atoms with van der Waals surface area (Å²) in [4.78, 5) is 0. The third-order valence-electron chi connectivity index (χ3n) is 2.76. The lowest BCUT2D eigenvalue weighted by atomic mass is 10.2. The summed E-state index contributed by atoms with van der Waals surface area (Å²) in [5.41, 5.74) is 4.25. The van der Waals surface area contributed by atoms with E-state index >= 15 is 0 Å². The minimum absolute atomic E-state index is 0.277. The first-order chi connectivity index (χ1) is 7.83. The number of hydrogen-bond acceptors (Lipinski definition) is 3. The summed E-state index contributed by atoms with van der Waals surface area (Å²) in [6.07, 6.45) is 0. The monoisotopic (exact) mass is 212 g/mol. The van der Waals surface area contributed by atoms with Gasteiger partial charge in [0.1, 0.15) is 5.75 Å². The average molecular weight is 212 g/mol. The van der Waals surface area contributed by atoms with Gasteiger partial charge < -0.3 is 15.7 Å². The van der Waals surface area contributed by atoms with Crippen molar-refractivity contribution >= 4 is 17.1 Å². The molecule has 3 heteroatoms. The highest BCUT2D eigenvalue weighted by molar-refractivity contribution is 5.78. The molecular weight excluding hydrogens is 200 g/mol. The number of fused-ring (bicyclic) bond motifs is 2. The number of aromatic hydroxyl groups is 1. The van der Waals surface area contributed by atoms with Gasteiger partial charge in [0.05, 0.1) is 11.4 Å². The first-order valence-electron chi connectivity index (χ1n) is 5.25. The second-order valence-corrected chi connectivity index (χ2v) is 3.87. The Kier molecular flexibility index (Phi) is 1.96. The van der Waals surface area contributed by atoms with Crippen LogP contribution >= 0.6 is 0 Å². The summed E-state index contributed by atoms with van der Waals surface area (Å²) < 4.78 is 0. The first-order valence-corrected chi connectivity index (χ1v) is 5.25. The summed E-state index contributed by atoms with van der Waals surface area (Å²) in [5, 5.41) is 16.1. The van der Waals surface area contributed by atoms with Gasteiger partial charge in [0.2, 0.25) is 0 Å². The Bertz CT molecular complexity index is 537. The van der Waals surface area contributed by atoms with Crippen LogP contribution in [0.2, 0.25) is 0 Å². The molecule has 80 valence electrons. The molecular formula is C13H12N2O. The van der Waals surface area contributed by atoms with Crippen molar-refractivity contribution in [3.8, 4) is 5.75 Å². The molecule has 1 aliphatic heterocycles. The number of phenols is 1. The standard InChI is InChI=1S/C13H12N2O/c16-10-5-6-12-13(7-10)14-8-9-3-1-2-4-11(9)15-12/h1-7,14-16H,8H2. The van der Waals surface area contributed by atoms with Gasteiger partial charge in [-0.15, -0.1) is 0 Å². The maximum absolute atomic E-state index is 9.43. The van der Waals surface area contributed by atoms with Crippen molar-refractivity contribution in [2.24, 2.45) is 0 Å². The molecule has 0 bridgehead atoms. The van der Waals surface area contributed by atoms with E-state index in [-0.39, 0.29) is 5.75 Å². The van der Waals surface area contributed by atoms with Crippen LogP contribution in [0.5, 0.6) is 5.75 Å². The van der Waals surface area contributed by atoms with Crippen molar-refractivity contribution in [3.63, 3.8) is 0 Å². The first kappa shape index (κ1) is 9.09. The van der Waals surface area contributed by atoms with E-state index in [2.05, 4.69) is 22.8 Å². The minimum Gasteiger partial charge on any atom is -0.508 e. The number of benzene rings is 2. The fourth-order valence-corrected chi connectivity index (χ4v) is 1.92. The number of hydrogen-bond donors (Lipinski definition) is 3. The van der Waals surface area contributed by atoms with Gasteiger partial charge in [0.15, 0.2) is 0 Å². The third-order valence-corrected chi connectivity index (χ3v) is 2.76. The molecule has 2 aromatic carbocycles. The average Bonchev–Trinajstić information content (AvgIpc) is 2.48. The fraction of sp³-hybridized carbons (Fsp3) is 0.0769. The number of anilines is 3. The molecule has 0 spiro atoms. The van der Waals surface area contributed by atoms with E-state index < -0.39 is 0 Å². The highest BCUT2D eigenvalue weighted by atomic mass is 16.3.